The zero-order chi connectivity index (χ0) is 50.1. The Morgan fingerprint density at radius 2 is 0.853 bits per heavy atom. The van der Waals surface area contributed by atoms with Crippen LogP contribution in [-0.4, -0.2) is 45.2 Å². The van der Waals surface area contributed by atoms with E-state index >= 15 is 0 Å². The molecule has 2 aromatic carbocycles. The Morgan fingerprint density at radius 3 is 1.29 bits per heavy atom. The van der Waals surface area contributed by atoms with E-state index in [9.17, 15) is 0 Å². The summed E-state index contributed by atoms with van der Waals surface area (Å²) >= 11 is 5.89. The highest BCUT2D eigenvalue weighted by Gasteiger charge is 2.24. The Bertz CT molecular complexity index is 2480. The lowest BCUT2D eigenvalue weighted by Crippen LogP contribution is -2.17. The van der Waals surface area contributed by atoms with Gasteiger partial charge in [0.05, 0.1) is 34.9 Å². The van der Waals surface area contributed by atoms with Gasteiger partial charge in [0.1, 0.15) is 11.4 Å². The highest BCUT2D eigenvalue weighted by atomic mass is 128. The van der Waals surface area contributed by atoms with Gasteiger partial charge in [-0.05, 0) is 118 Å². The Labute approximate surface area is 446 Å². The Balaban J connectivity index is 0.000000333. The van der Waals surface area contributed by atoms with Gasteiger partial charge in [-0.25, -0.2) is 0 Å². The zero-order valence-electron chi connectivity index (χ0n) is 41.7. The van der Waals surface area contributed by atoms with Crippen LogP contribution < -0.4 is 0 Å². The Kier molecular flexibility index (Phi) is 31.5. The minimum Gasteiger partial charge on any atom is -0.269 e. The number of hydrogen-bond acceptors (Lipinski definition) is 6. The Hall–Kier alpha value is -4.29. The molecule has 0 saturated heterocycles. The smallest absolute Gasteiger partial charge is 0.169 e. The van der Waals surface area contributed by atoms with Crippen molar-refractivity contribution in [2.24, 2.45) is 0 Å². The monoisotopic (exact) mass is 1250 g/mol. The number of pyridine rings is 4. The van der Waals surface area contributed by atoms with Crippen LogP contribution in [0.25, 0.3) is 56.4 Å². The normalized spacial score (nSPS) is 11.8. The summed E-state index contributed by atoms with van der Waals surface area (Å²) < 4.78 is 4.24. The fraction of sp³-hybridized carbons (Fsp3) is 0.321. The molecule has 2 aliphatic rings. The minimum atomic E-state index is 0.511. The maximum absolute atomic E-state index is 4.92. The number of nitrogens with zero attached hydrogens (tertiary/aromatic N) is 8. The van der Waals surface area contributed by atoms with Gasteiger partial charge in [0.25, 0.3) is 0 Å². The van der Waals surface area contributed by atoms with Gasteiger partial charge in [-0.2, -0.15) is 32.6 Å². The molecule has 0 N–H and O–H groups in total. The van der Waals surface area contributed by atoms with Crippen LogP contribution in [0.5, 0.6) is 0 Å². The van der Waals surface area contributed by atoms with Crippen LogP contribution in [-0.2, 0) is 0 Å². The van der Waals surface area contributed by atoms with Crippen LogP contribution in [0, 0.1) is 13.8 Å². The third kappa shape index (κ3) is 18.2. The largest absolute Gasteiger partial charge is 0.269 e. The molecule has 2 saturated carbocycles. The fourth-order valence-electron chi connectivity index (χ4n) is 6.88. The van der Waals surface area contributed by atoms with E-state index in [0.29, 0.717) is 12.1 Å². The first kappa shape index (κ1) is 59.8. The standard InChI is InChI=1S/C23H20N4.C13H15N3.C12H11N.4C2H6.BI.I2/c1-2-7-17(8-3-1)22-15-18(12-14-25-22)20-16-27(19-9-6-10-19)26-23(20)21-11-4-5-13-24-21;1-10-9-16(11-5-4-6-11)15-13(10)12-7-2-3-8-14-12;1-10-7-8-13-12(9-10)11-5-3-2-4-6-11;6*1-2/h1-5,7-8,11-16,19H,6,9-10H2;2-3,7-9,11H,4-6H2,1H3;2-9H,1H3;4*1-2H3;;. The molecule has 0 aliphatic heterocycles. The second-order valence-electron chi connectivity index (χ2n) is 14.5. The Morgan fingerprint density at radius 1 is 0.441 bits per heavy atom. The maximum Gasteiger partial charge on any atom is 0.169 e. The predicted molar refractivity (Wildman–Crippen MR) is 318 cm³/mol. The third-order valence-corrected chi connectivity index (χ3v) is 10.5. The number of rotatable bonds is 7. The zero-order valence-corrected chi connectivity index (χ0v) is 48.2. The van der Waals surface area contributed by atoms with Crippen LogP contribution in [0.1, 0.15) is 117 Å². The molecule has 6 aromatic heterocycles. The molecule has 0 bridgehead atoms. The van der Waals surface area contributed by atoms with Gasteiger partial charge in [-0.3, -0.25) is 29.3 Å². The fourth-order valence-corrected chi connectivity index (χ4v) is 6.88. The molecule has 8 nitrogen and oxygen atoms in total. The van der Waals surface area contributed by atoms with E-state index in [4.69, 9.17) is 5.10 Å². The molecule has 0 amide bonds. The summed E-state index contributed by atoms with van der Waals surface area (Å²) in [7, 11) is 0. The third-order valence-electron chi connectivity index (χ3n) is 10.5. The molecule has 358 valence electrons. The second-order valence-corrected chi connectivity index (χ2v) is 14.5. The van der Waals surface area contributed by atoms with Crippen LogP contribution >= 0.6 is 59.6 Å². The molecule has 2 radical (unpaired) electrons. The molecule has 12 heteroatoms. The van der Waals surface area contributed by atoms with E-state index in [0.717, 1.165) is 50.9 Å². The lowest BCUT2D eigenvalue weighted by atomic mass is 9.93. The summed E-state index contributed by atoms with van der Waals surface area (Å²) in [4.78, 5) is 17.8. The predicted octanol–water partition coefficient (Wildman–Crippen LogP) is 17.8. The summed E-state index contributed by atoms with van der Waals surface area (Å²) in [6.45, 7) is 20.2. The number of hydrogen-bond donors (Lipinski definition) is 0. The molecular formula is C56H70BI3N8. The van der Waals surface area contributed by atoms with E-state index in [-0.39, 0.29) is 0 Å². The quantitative estimate of drug-likeness (QED) is 0.117. The van der Waals surface area contributed by atoms with Crippen molar-refractivity contribution in [2.75, 3.05) is 0 Å². The number of aromatic nitrogens is 8. The molecule has 10 rings (SSSR count). The first-order chi connectivity index (χ1) is 33.6. The van der Waals surface area contributed by atoms with Crippen LogP contribution in [0.3, 0.4) is 0 Å². The van der Waals surface area contributed by atoms with E-state index in [1.165, 1.54) is 55.2 Å². The van der Waals surface area contributed by atoms with Crippen molar-refractivity contribution < 1.29 is 0 Å². The van der Waals surface area contributed by atoms with Crippen molar-refractivity contribution in [1.29, 1.82) is 0 Å². The van der Waals surface area contributed by atoms with Crippen molar-refractivity contribution in [2.45, 2.75) is 120 Å². The van der Waals surface area contributed by atoms with Crippen molar-refractivity contribution in [1.82, 2.24) is 39.5 Å². The van der Waals surface area contributed by atoms with Crippen molar-refractivity contribution >= 4 is 65.3 Å². The van der Waals surface area contributed by atoms with Crippen molar-refractivity contribution in [3.8, 4) is 56.4 Å². The SMILES string of the molecule is CC.CC.CC.CC.Cc1ccnc(-c2ccccc2)c1.Cc1cn(C2CCC2)nc1-c1ccccn1.II.[B]I.c1ccc(-c2cc(-c3cn(C4CCC4)nc3-c3ccccn3)ccn2)cc1. The molecule has 0 atom stereocenters. The minimum absolute atomic E-state index is 0.511. The summed E-state index contributed by atoms with van der Waals surface area (Å²) in [6.07, 6.45) is 19.2. The first-order valence-electron chi connectivity index (χ1n) is 23.9. The first-order valence-corrected chi connectivity index (χ1v) is 31.5. The molecule has 6 heterocycles. The second kappa shape index (κ2) is 35.8. The maximum atomic E-state index is 4.92. The molecular weight excluding hydrogens is 1180 g/mol. The highest BCUT2D eigenvalue weighted by Crippen LogP contribution is 2.37. The van der Waals surface area contributed by atoms with Gasteiger partial charge >= 0.3 is 0 Å². The summed E-state index contributed by atoms with van der Waals surface area (Å²) in [6, 6.07) is 41.8. The van der Waals surface area contributed by atoms with Gasteiger partial charge in [-0.15, -0.1) is 0 Å². The highest BCUT2D eigenvalue weighted by molar-refractivity contribution is 15.0. The molecule has 2 fully saturated rings. The van der Waals surface area contributed by atoms with Gasteiger partial charge < -0.3 is 0 Å². The van der Waals surface area contributed by atoms with Crippen LogP contribution in [0.15, 0.2) is 159 Å². The summed E-state index contributed by atoms with van der Waals surface area (Å²) in [5.41, 5.74) is 17.3. The number of halogens is 3. The van der Waals surface area contributed by atoms with E-state index < -0.39 is 0 Å². The molecule has 68 heavy (non-hydrogen) atoms. The van der Waals surface area contributed by atoms with E-state index in [2.05, 4.69) is 146 Å². The van der Waals surface area contributed by atoms with Crippen LogP contribution in [0.2, 0.25) is 0 Å². The topological polar surface area (TPSA) is 87.2 Å². The lowest BCUT2D eigenvalue weighted by molar-refractivity contribution is 0.289. The summed E-state index contributed by atoms with van der Waals surface area (Å²) in [5, 5.41) is 9.57. The number of aryl methyl sites for hydroxylation is 2. The van der Waals surface area contributed by atoms with Gasteiger partial charge in [-0.1, -0.05) is 128 Å². The van der Waals surface area contributed by atoms with E-state index in [1.807, 2.05) is 159 Å². The van der Waals surface area contributed by atoms with Crippen molar-refractivity contribution in [3.63, 3.8) is 0 Å². The lowest BCUT2D eigenvalue weighted by Gasteiger charge is -2.25. The van der Waals surface area contributed by atoms with Gasteiger partial charge in [0.15, 0.2) is 5.70 Å². The van der Waals surface area contributed by atoms with E-state index in [1.54, 1.807) is 22.4 Å². The van der Waals surface area contributed by atoms with Gasteiger partial charge in [0, 0.05) is 91.1 Å². The molecule has 0 spiro atoms. The molecule has 0 unspecified atom stereocenters. The average Bonchev–Trinajstić information content (AvgIpc) is 4.01. The van der Waals surface area contributed by atoms with Crippen molar-refractivity contribution in [3.05, 3.63) is 170 Å². The van der Waals surface area contributed by atoms with Gasteiger partial charge in [0.2, 0.25) is 0 Å². The molecule has 8 aromatic rings. The van der Waals surface area contributed by atoms with Crippen LogP contribution in [0.4, 0.5) is 0 Å². The average molecular weight is 1250 g/mol. The number of benzene rings is 2. The molecule has 2 aliphatic carbocycles. The summed E-state index contributed by atoms with van der Waals surface area (Å²) in [5.74, 6) is 0.